The van der Waals surface area contributed by atoms with E-state index in [9.17, 15) is 4.79 Å². The maximum Gasteiger partial charge on any atom is 0.303 e. The monoisotopic (exact) mass is 436 g/mol. The van der Waals surface area contributed by atoms with Crippen LogP contribution in [0.5, 0.6) is 0 Å². The summed E-state index contributed by atoms with van der Waals surface area (Å²) in [5.41, 5.74) is 0. The summed E-state index contributed by atoms with van der Waals surface area (Å²) in [7, 11) is 0. The Morgan fingerprint density at radius 2 is 1.47 bits per heavy atom. The fraction of sp³-hybridized carbons (Fsp3) is 0.727. The fourth-order valence-corrected chi connectivity index (χ4v) is 2.02. The number of aliphatic carboxylic acids is 1. The zero-order chi connectivity index (χ0) is 11.5. The van der Waals surface area contributed by atoms with Crippen LogP contribution in [-0.4, -0.2) is 11.1 Å². The van der Waals surface area contributed by atoms with E-state index in [0.29, 0.717) is 6.42 Å². The average molecular weight is 436 g/mol. The molecule has 0 amide bonds. The lowest BCUT2D eigenvalue weighted by atomic mass is 10.1. The van der Waals surface area contributed by atoms with Gasteiger partial charge in [0.1, 0.15) is 0 Å². The van der Waals surface area contributed by atoms with Gasteiger partial charge in [-0.2, -0.15) is 0 Å². The maximum absolute atomic E-state index is 10.2. The Bertz CT molecular complexity index is 203. The molecule has 0 aromatic heterocycles. The van der Waals surface area contributed by atoms with Crippen LogP contribution in [0, 0.1) is 0 Å². The number of unbranched alkanes of at least 4 members (excludes halogenated alkanes) is 5. The Balaban J connectivity index is 3.08. The van der Waals surface area contributed by atoms with Crippen molar-refractivity contribution in [2.45, 2.75) is 51.4 Å². The normalized spacial score (nSPS) is 11.7. The third kappa shape index (κ3) is 12.6. The summed E-state index contributed by atoms with van der Waals surface area (Å²) < 4.78 is 3.56. The molecule has 0 saturated carbocycles. The number of carboxylic acid groups (broad SMARTS) is 1. The second-order valence-electron chi connectivity index (χ2n) is 3.57. The summed E-state index contributed by atoms with van der Waals surface area (Å²) in [6.45, 7) is 0. The number of halogens is 2. The molecule has 0 bridgehead atoms. The van der Waals surface area contributed by atoms with Crippen LogP contribution in [-0.2, 0) is 4.79 Å². The Labute approximate surface area is 119 Å². The lowest BCUT2D eigenvalue weighted by Crippen LogP contribution is -1.93. The number of hydrogen-bond acceptors (Lipinski definition) is 1. The highest BCUT2D eigenvalue weighted by Crippen LogP contribution is 2.18. The van der Waals surface area contributed by atoms with E-state index < -0.39 is 5.97 Å². The van der Waals surface area contributed by atoms with Gasteiger partial charge in [-0.15, -0.1) is 0 Å². The second kappa shape index (κ2) is 11.2. The summed E-state index contributed by atoms with van der Waals surface area (Å²) in [6, 6.07) is 0. The standard InChI is InChI=1S/C11H18I2O2/c12-9-10(13)7-5-3-1-2-4-6-8-11(14)15/h9H,1-8H2,(H,14,15). The summed E-state index contributed by atoms with van der Waals surface area (Å²) in [5.74, 6) is -0.670. The minimum absolute atomic E-state index is 0.329. The molecular weight excluding hydrogens is 418 g/mol. The topological polar surface area (TPSA) is 37.3 Å². The van der Waals surface area contributed by atoms with E-state index in [4.69, 9.17) is 5.11 Å². The molecule has 0 saturated heterocycles. The highest BCUT2D eigenvalue weighted by molar-refractivity contribution is 14.1. The summed E-state index contributed by atoms with van der Waals surface area (Å²) in [5, 5.41) is 8.43. The SMILES string of the molecule is O=C(O)CCCCCCCCC(I)=CI. The van der Waals surface area contributed by atoms with Crippen molar-refractivity contribution in [3.63, 3.8) is 0 Å². The minimum Gasteiger partial charge on any atom is -0.481 e. The molecular formula is C11H18I2O2. The van der Waals surface area contributed by atoms with Gasteiger partial charge in [0.05, 0.1) is 0 Å². The van der Waals surface area contributed by atoms with Crippen molar-refractivity contribution in [1.29, 1.82) is 0 Å². The molecule has 0 aliphatic rings. The van der Waals surface area contributed by atoms with Crippen LogP contribution in [0.3, 0.4) is 0 Å². The number of allylic oxidation sites excluding steroid dienone is 1. The molecule has 0 unspecified atom stereocenters. The minimum atomic E-state index is -0.670. The highest BCUT2D eigenvalue weighted by atomic mass is 127. The van der Waals surface area contributed by atoms with Gasteiger partial charge >= 0.3 is 5.97 Å². The van der Waals surface area contributed by atoms with Crippen LogP contribution in [0.15, 0.2) is 7.66 Å². The van der Waals surface area contributed by atoms with Crippen molar-refractivity contribution in [1.82, 2.24) is 0 Å². The Kier molecular flexibility index (Phi) is 11.7. The summed E-state index contributed by atoms with van der Waals surface area (Å²) in [4.78, 5) is 10.2. The molecule has 0 fully saturated rings. The van der Waals surface area contributed by atoms with Crippen molar-refractivity contribution in [2.75, 3.05) is 0 Å². The first-order valence-electron chi connectivity index (χ1n) is 5.33. The van der Waals surface area contributed by atoms with E-state index in [1.54, 1.807) is 0 Å². The van der Waals surface area contributed by atoms with Crippen molar-refractivity contribution < 1.29 is 9.90 Å². The molecule has 0 rings (SSSR count). The third-order valence-electron chi connectivity index (χ3n) is 2.17. The van der Waals surface area contributed by atoms with Crippen molar-refractivity contribution in [3.05, 3.63) is 7.66 Å². The molecule has 4 heteroatoms. The van der Waals surface area contributed by atoms with Crippen LogP contribution in [0.2, 0.25) is 0 Å². The molecule has 0 aliphatic heterocycles. The summed E-state index contributed by atoms with van der Waals surface area (Å²) in [6.07, 6.45) is 8.36. The highest BCUT2D eigenvalue weighted by Gasteiger charge is 1.96. The fourth-order valence-electron chi connectivity index (χ4n) is 1.33. The van der Waals surface area contributed by atoms with Gasteiger partial charge in [0, 0.05) is 6.42 Å². The molecule has 0 radical (unpaired) electrons. The van der Waals surface area contributed by atoms with E-state index in [2.05, 4.69) is 49.3 Å². The van der Waals surface area contributed by atoms with E-state index in [1.165, 1.54) is 35.7 Å². The van der Waals surface area contributed by atoms with Gasteiger partial charge in [-0.05, 0) is 49.5 Å². The number of rotatable bonds is 9. The lowest BCUT2D eigenvalue weighted by Gasteiger charge is -2.00. The van der Waals surface area contributed by atoms with Gasteiger partial charge in [-0.3, -0.25) is 4.79 Å². The van der Waals surface area contributed by atoms with Crippen LogP contribution in [0.1, 0.15) is 51.4 Å². The summed E-state index contributed by atoms with van der Waals surface area (Å²) >= 11 is 4.65. The van der Waals surface area contributed by atoms with Gasteiger partial charge < -0.3 is 5.11 Å². The number of carbonyl (C=O) groups is 1. The van der Waals surface area contributed by atoms with E-state index in [-0.39, 0.29) is 0 Å². The Morgan fingerprint density at radius 1 is 1.00 bits per heavy atom. The predicted molar refractivity (Wildman–Crippen MR) is 80.7 cm³/mol. The maximum atomic E-state index is 10.2. The Morgan fingerprint density at radius 3 is 1.93 bits per heavy atom. The average Bonchev–Trinajstić information content (AvgIpc) is 2.21. The zero-order valence-corrected chi connectivity index (χ0v) is 13.2. The quantitative estimate of drug-likeness (QED) is 0.413. The second-order valence-corrected chi connectivity index (χ2v) is 5.58. The molecule has 2 nitrogen and oxygen atoms in total. The van der Waals surface area contributed by atoms with Crippen LogP contribution in [0.25, 0.3) is 0 Å². The molecule has 0 aromatic carbocycles. The first kappa shape index (κ1) is 15.7. The molecule has 0 atom stereocenters. The van der Waals surface area contributed by atoms with Crippen LogP contribution >= 0.6 is 45.2 Å². The van der Waals surface area contributed by atoms with Crippen molar-refractivity contribution in [3.8, 4) is 0 Å². The lowest BCUT2D eigenvalue weighted by molar-refractivity contribution is -0.137. The number of hydrogen-bond donors (Lipinski definition) is 1. The van der Waals surface area contributed by atoms with Crippen LogP contribution in [0.4, 0.5) is 0 Å². The molecule has 1 N–H and O–H groups in total. The number of carboxylic acids is 1. The largest absolute Gasteiger partial charge is 0.481 e. The third-order valence-corrected chi connectivity index (χ3v) is 4.97. The first-order valence-corrected chi connectivity index (χ1v) is 7.66. The first-order chi connectivity index (χ1) is 7.16. The molecule has 15 heavy (non-hydrogen) atoms. The molecule has 0 spiro atoms. The molecule has 0 heterocycles. The Hall–Kier alpha value is 0.670. The zero-order valence-electron chi connectivity index (χ0n) is 8.85. The predicted octanol–water partition coefficient (Wildman–Crippen LogP) is 4.90. The molecule has 88 valence electrons. The van der Waals surface area contributed by atoms with E-state index >= 15 is 0 Å². The van der Waals surface area contributed by atoms with Crippen molar-refractivity contribution in [2.24, 2.45) is 0 Å². The van der Waals surface area contributed by atoms with Gasteiger partial charge in [0.25, 0.3) is 0 Å². The molecule has 0 aromatic rings. The van der Waals surface area contributed by atoms with Gasteiger partial charge in [0.15, 0.2) is 0 Å². The van der Waals surface area contributed by atoms with Gasteiger partial charge in [0.2, 0.25) is 0 Å². The van der Waals surface area contributed by atoms with E-state index in [0.717, 1.165) is 12.8 Å². The van der Waals surface area contributed by atoms with Gasteiger partial charge in [-0.25, -0.2) is 0 Å². The van der Waals surface area contributed by atoms with Gasteiger partial charge in [-0.1, -0.05) is 48.3 Å². The van der Waals surface area contributed by atoms with Crippen molar-refractivity contribution >= 4 is 51.2 Å². The molecule has 0 aliphatic carbocycles. The smallest absolute Gasteiger partial charge is 0.303 e. The van der Waals surface area contributed by atoms with Crippen LogP contribution < -0.4 is 0 Å². The van der Waals surface area contributed by atoms with E-state index in [1.807, 2.05) is 0 Å².